The molecule has 8 aromatic rings. The van der Waals surface area contributed by atoms with Crippen LogP contribution in [-0.4, -0.2) is 9.97 Å². The number of H-pyrrole nitrogens is 1. The van der Waals surface area contributed by atoms with E-state index in [1.54, 1.807) is 0 Å². The number of rotatable bonds is 2. The molecule has 2 nitrogen and oxygen atoms in total. The van der Waals surface area contributed by atoms with Crippen LogP contribution in [0.5, 0.6) is 0 Å². The molecule has 0 saturated carbocycles. The van der Waals surface area contributed by atoms with Gasteiger partial charge in [0.15, 0.2) is 0 Å². The number of nitrogens with zero attached hydrogens (tertiary/aromatic N) is 1. The van der Waals surface area contributed by atoms with Crippen LogP contribution in [-0.2, 0) is 0 Å². The molecule has 0 aliphatic heterocycles. The number of aromatic amines is 1. The van der Waals surface area contributed by atoms with Gasteiger partial charge in [-0.15, -0.1) is 0 Å². The maximum atomic E-state index is 5.30. The van der Waals surface area contributed by atoms with Gasteiger partial charge in [0, 0.05) is 11.6 Å². The maximum absolute atomic E-state index is 5.30. The Morgan fingerprint density at radius 1 is 0.467 bits per heavy atom. The van der Waals surface area contributed by atoms with Gasteiger partial charge < -0.3 is 4.98 Å². The van der Waals surface area contributed by atoms with Gasteiger partial charge in [-0.05, 0) is 89.8 Å². The van der Waals surface area contributed by atoms with E-state index in [9.17, 15) is 0 Å². The van der Waals surface area contributed by atoms with E-state index in [1.807, 2.05) is 12.1 Å². The molecule has 0 atom stereocenters. The Morgan fingerprint density at radius 2 is 1.07 bits per heavy atom. The molecule has 0 fully saturated rings. The molecule has 1 aromatic heterocycles. The van der Waals surface area contributed by atoms with Crippen molar-refractivity contribution in [1.29, 1.82) is 0 Å². The molecule has 1 aliphatic rings. The fraction of sp³-hybridized carbons (Fsp3) is 0. The Kier molecular flexibility index (Phi) is 5.85. The third-order valence-corrected chi connectivity index (χ3v) is 9.04. The molecule has 45 heavy (non-hydrogen) atoms. The molecule has 0 saturated heterocycles. The number of nitrogens with one attached hydrogen (secondary N) is 1. The van der Waals surface area contributed by atoms with Gasteiger partial charge in [0.05, 0.1) is 16.7 Å². The fourth-order valence-electron chi connectivity index (χ4n) is 6.95. The number of aromatic nitrogens is 2. The smallest absolute Gasteiger partial charge is 0.0871 e. The summed E-state index contributed by atoms with van der Waals surface area (Å²) in [5.41, 5.74) is 8.80. The van der Waals surface area contributed by atoms with Crippen molar-refractivity contribution in [2.75, 3.05) is 0 Å². The first kappa shape index (κ1) is 25.5. The average molecular weight is 573 g/mol. The van der Waals surface area contributed by atoms with E-state index >= 15 is 0 Å². The molecule has 2 heteroatoms. The Hall–Kier alpha value is -5.99. The zero-order chi connectivity index (χ0) is 29.7. The van der Waals surface area contributed by atoms with Crippen molar-refractivity contribution in [2.45, 2.75) is 0 Å². The van der Waals surface area contributed by atoms with Gasteiger partial charge in [-0.25, -0.2) is 4.98 Å². The van der Waals surface area contributed by atoms with Gasteiger partial charge in [0.2, 0.25) is 0 Å². The Balaban J connectivity index is 1.41. The van der Waals surface area contributed by atoms with E-state index in [0.29, 0.717) is 0 Å². The highest BCUT2D eigenvalue weighted by Gasteiger charge is 2.18. The SMILES string of the molecule is C1=C\c2c[nH]c3ccccc3nc(c3ccccc23)\C=C/1c1c2ccccc2c(-c2ccc3ccccc3c2)c2ccccc12. The number of hydrogen-bond acceptors (Lipinski definition) is 1. The molecule has 0 amide bonds. The van der Waals surface area contributed by atoms with E-state index in [2.05, 4.69) is 157 Å². The van der Waals surface area contributed by atoms with Crippen molar-refractivity contribution < 1.29 is 0 Å². The van der Waals surface area contributed by atoms with Crippen LogP contribution in [0.1, 0.15) is 16.8 Å². The quantitative estimate of drug-likeness (QED) is 0.205. The second kappa shape index (κ2) is 10.3. The maximum Gasteiger partial charge on any atom is 0.0871 e. The fourth-order valence-corrected chi connectivity index (χ4v) is 6.95. The second-order valence-corrected chi connectivity index (χ2v) is 11.6. The van der Waals surface area contributed by atoms with E-state index in [1.165, 1.54) is 49.0 Å². The van der Waals surface area contributed by atoms with E-state index in [0.717, 1.165) is 38.6 Å². The predicted molar refractivity (Wildman–Crippen MR) is 193 cm³/mol. The minimum Gasteiger partial charge on any atom is -0.359 e. The summed E-state index contributed by atoms with van der Waals surface area (Å²) in [4.78, 5) is 8.84. The zero-order valence-electron chi connectivity index (χ0n) is 24.5. The zero-order valence-corrected chi connectivity index (χ0v) is 24.5. The minimum atomic E-state index is 0.915. The first-order valence-corrected chi connectivity index (χ1v) is 15.4. The van der Waals surface area contributed by atoms with Crippen molar-refractivity contribution >= 4 is 71.8 Å². The van der Waals surface area contributed by atoms with Crippen LogP contribution in [0, 0.1) is 0 Å². The van der Waals surface area contributed by atoms with Crippen molar-refractivity contribution in [1.82, 2.24) is 9.97 Å². The predicted octanol–water partition coefficient (Wildman–Crippen LogP) is 11.5. The average Bonchev–Trinajstić information content (AvgIpc) is 3.12. The van der Waals surface area contributed by atoms with Crippen molar-refractivity contribution in [3.05, 3.63) is 169 Å². The summed E-state index contributed by atoms with van der Waals surface area (Å²) in [5, 5.41) is 9.70. The minimum absolute atomic E-state index is 0.915. The van der Waals surface area contributed by atoms with Gasteiger partial charge in [-0.2, -0.15) is 0 Å². The van der Waals surface area contributed by atoms with Crippen molar-refractivity contribution in [2.24, 2.45) is 0 Å². The van der Waals surface area contributed by atoms with E-state index in [-0.39, 0.29) is 0 Å². The van der Waals surface area contributed by atoms with Gasteiger partial charge in [-0.3, -0.25) is 0 Å². The van der Waals surface area contributed by atoms with Gasteiger partial charge in [0.25, 0.3) is 0 Å². The standard InChI is InChI=1S/C43H28N2/c1-2-12-29-25-30(22-21-28(29)11-1)42-35-15-5-7-17-37(35)43(38-18-8-6-16-36(38)42)31-23-24-32-27-44-39-19-9-10-20-40(39)45-41(26-31)34-14-4-3-13-33(32)34/h1-27,44H/b24-23-,31-26+,32-27?,45-41?. The van der Waals surface area contributed by atoms with E-state index in [4.69, 9.17) is 4.98 Å². The monoisotopic (exact) mass is 572 g/mol. The summed E-state index contributed by atoms with van der Waals surface area (Å²) in [5.74, 6) is 0. The molecule has 0 spiro atoms. The molecule has 1 heterocycles. The first-order chi connectivity index (χ1) is 22.3. The number of allylic oxidation sites excluding steroid dienone is 2. The summed E-state index contributed by atoms with van der Waals surface area (Å²) < 4.78 is 0. The lowest BCUT2D eigenvalue weighted by molar-refractivity contribution is 1.38. The highest BCUT2D eigenvalue weighted by atomic mass is 14.7. The summed E-state index contributed by atoms with van der Waals surface area (Å²) in [6.07, 6.45) is 8.88. The largest absolute Gasteiger partial charge is 0.359 e. The van der Waals surface area contributed by atoms with Crippen LogP contribution in [0.15, 0.2) is 152 Å². The lowest BCUT2D eigenvalue weighted by atomic mass is 9.84. The van der Waals surface area contributed by atoms with Gasteiger partial charge in [0.1, 0.15) is 0 Å². The second-order valence-electron chi connectivity index (χ2n) is 11.6. The Labute approximate surface area is 260 Å². The van der Waals surface area contributed by atoms with Crippen LogP contribution in [0.2, 0.25) is 0 Å². The topological polar surface area (TPSA) is 28.7 Å². The molecular formula is C43H28N2. The van der Waals surface area contributed by atoms with Crippen LogP contribution < -0.4 is 0 Å². The molecule has 1 N–H and O–H groups in total. The lowest BCUT2D eigenvalue weighted by Crippen LogP contribution is -1.94. The van der Waals surface area contributed by atoms with Crippen LogP contribution in [0.3, 0.4) is 0 Å². The molecule has 0 radical (unpaired) electrons. The van der Waals surface area contributed by atoms with Crippen LogP contribution in [0.4, 0.5) is 0 Å². The van der Waals surface area contributed by atoms with Crippen molar-refractivity contribution in [3.8, 4) is 11.1 Å². The molecular weight excluding hydrogens is 544 g/mol. The summed E-state index contributed by atoms with van der Waals surface area (Å²) in [6.45, 7) is 0. The lowest BCUT2D eigenvalue weighted by Gasteiger charge is -2.19. The highest BCUT2D eigenvalue weighted by molar-refractivity contribution is 6.21. The first-order valence-electron chi connectivity index (χ1n) is 15.4. The number of benzene rings is 7. The number of fused-ring (bicyclic) bond motifs is 4. The molecule has 9 rings (SSSR count). The van der Waals surface area contributed by atoms with Gasteiger partial charge in [-0.1, -0.05) is 133 Å². The third kappa shape index (κ3) is 4.22. The normalized spacial score (nSPS) is 14.4. The third-order valence-electron chi connectivity index (χ3n) is 9.04. The number of para-hydroxylation sites is 2. The van der Waals surface area contributed by atoms with Crippen LogP contribution >= 0.6 is 0 Å². The van der Waals surface area contributed by atoms with E-state index < -0.39 is 0 Å². The molecule has 210 valence electrons. The summed E-state index contributed by atoms with van der Waals surface area (Å²) >= 11 is 0. The number of hydrogen-bond donors (Lipinski definition) is 1. The van der Waals surface area contributed by atoms with Gasteiger partial charge >= 0.3 is 0 Å². The molecule has 7 aromatic carbocycles. The molecule has 0 unspecified atom stereocenters. The summed E-state index contributed by atoms with van der Waals surface area (Å²) in [6, 6.07) is 49.9. The molecule has 2 bridgehead atoms. The Morgan fingerprint density at radius 3 is 1.82 bits per heavy atom. The van der Waals surface area contributed by atoms with Crippen molar-refractivity contribution in [3.63, 3.8) is 0 Å². The highest BCUT2D eigenvalue weighted by Crippen LogP contribution is 2.43. The molecule has 1 aliphatic carbocycles. The summed E-state index contributed by atoms with van der Waals surface area (Å²) in [7, 11) is 0. The van der Waals surface area contributed by atoms with Crippen LogP contribution in [0.25, 0.3) is 83.0 Å². The Bertz CT molecular complexity index is 2540.